The fourth-order valence-electron chi connectivity index (χ4n) is 10.8. The van der Waals surface area contributed by atoms with Gasteiger partial charge in [0, 0.05) is 44.0 Å². The van der Waals surface area contributed by atoms with Gasteiger partial charge >= 0.3 is 0 Å². The summed E-state index contributed by atoms with van der Waals surface area (Å²) in [7, 11) is 0. The largest absolute Gasteiger partial charge is 0.309 e. The Kier molecular flexibility index (Phi) is 10.1. The van der Waals surface area contributed by atoms with Crippen molar-refractivity contribution < 1.29 is 0 Å². The topological polar surface area (TPSA) is 57.4 Å². The quantitative estimate of drug-likeness (QED) is 0.160. The monoisotopic (exact) mass is 894 g/mol. The summed E-state index contributed by atoms with van der Waals surface area (Å²) in [6, 6.07) is 78.2. The van der Waals surface area contributed by atoms with E-state index >= 15 is 0 Å². The van der Waals surface area contributed by atoms with Crippen LogP contribution in [0.25, 0.3) is 111 Å². The molecule has 10 aromatic carbocycles. The lowest BCUT2D eigenvalue weighted by molar-refractivity contribution is 1.17. The maximum absolute atomic E-state index is 10.9. The van der Waals surface area contributed by atoms with E-state index in [1.54, 1.807) is 0 Å². The number of benzene rings is 10. The lowest BCUT2D eigenvalue weighted by Gasteiger charge is -2.16. The first-order chi connectivity index (χ1) is 34.3. The lowest BCUT2D eigenvalue weighted by Crippen LogP contribution is -2.00. The van der Waals surface area contributed by atoms with E-state index in [1.807, 2.05) is 24.3 Å². The van der Waals surface area contributed by atoms with Crippen LogP contribution in [0.15, 0.2) is 206 Å². The Hall–Kier alpha value is -9.22. The first kappa shape index (κ1) is 42.2. The molecule has 4 nitrogen and oxygen atoms in total. The molecule has 12 aromatic rings. The van der Waals surface area contributed by atoms with Crippen molar-refractivity contribution in [2.24, 2.45) is 0 Å². The molecule has 0 N–H and O–H groups in total. The minimum atomic E-state index is 0.491. The third-order valence-electron chi connectivity index (χ3n) is 14.4. The summed E-state index contributed by atoms with van der Waals surface area (Å²) >= 11 is 0. The molecule has 0 aliphatic carbocycles. The molecule has 0 saturated carbocycles. The van der Waals surface area contributed by atoms with Crippen molar-refractivity contribution in [3.8, 4) is 79.1 Å². The maximum atomic E-state index is 10.9. The Morgan fingerprint density at radius 2 is 0.557 bits per heavy atom. The predicted octanol–water partition coefficient (Wildman–Crippen LogP) is 17.2. The molecule has 0 amide bonds. The van der Waals surface area contributed by atoms with Gasteiger partial charge in [-0.25, -0.2) is 0 Å². The van der Waals surface area contributed by atoms with Gasteiger partial charge in [0.15, 0.2) is 0 Å². The second-order valence-corrected chi connectivity index (χ2v) is 18.5. The normalized spacial score (nSPS) is 11.4. The first-order valence-electron chi connectivity index (χ1n) is 23.8. The fourth-order valence-corrected chi connectivity index (χ4v) is 10.8. The number of fused-ring (bicyclic) bond motifs is 6. The van der Waals surface area contributed by atoms with Gasteiger partial charge < -0.3 is 9.13 Å². The van der Waals surface area contributed by atoms with Crippen molar-refractivity contribution in [2.45, 2.75) is 27.7 Å². The van der Waals surface area contributed by atoms with E-state index in [0.29, 0.717) is 22.3 Å². The van der Waals surface area contributed by atoms with Crippen LogP contribution in [0, 0.1) is 50.4 Å². The highest BCUT2D eigenvalue weighted by Gasteiger charge is 2.21. The molecule has 2 aromatic heterocycles. The van der Waals surface area contributed by atoms with Crippen LogP contribution in [-0.2, 0) is 0 Å². The number of rotatable bonds is 7. The highest BCUT2D eigenvalue weighted by molar-refractivity contribution is 6.13. The van der Waals surface area contributed by atoms with E-state index < -0.39 is 0 Å². The van der Waals surface area contributed by atoms with Gasteiger partial charge in [-0.1, -0.05) is 146 Å². The molecular formula is C66H46N4. The summed E-state index contributed by atoms with van der Waals surface area (Å²) in [4.78, 5) is 0. The Balaban J connectivity index is 1.11. The molecule has 0 atom stereocenters. The molecule has 70 heavy (non-hydrogen) atoms. The van der Waals surface area contributed by atoms with Gasteiger partial charge in [-0.15, -0.1) is 0 Å². The van der Waals surface area contributed by atoms with Crippen LogP contribution in [0.3, 0.4) is 0 Å². The highest BCUT2D eigenvalue weighted by Crippen LogP contribution is 2.42. The van der Waals surface area contributed by atoms with Crippen LogP contribution in [0.1, 0.15) is 33.4 Å². The van der Waals surface area contributed by atoms with Crippen molar-refractivity contribution in [3.05, 3.63) is 240 Å². The highest BCUT2D eigenvalue weighted by atomic mass is 15.0. The summed E-state index contributed by atoms with van der Waals surface area (Å²) < 4.78 is 4.67. The van der Waals surface area contributed by atoms with Crippen molar-refractivity contribution >= 4 is 43.6 Å². The van der Waals surface area contributed by atoms with Gasteiger partial charge in [0.1, 0.15) is 0 Å². The maximum Gasteiger partial charge on any atom is 0.0998 e. The Labute approximate surface area is 407 Å². The summed E-state index contributed by atoms with van der Waals surface area (Å²) in [6.07, 6.45) is 0. The molecule has 4 heteroatoms. The Morgan fingerprint density at radius 3 is 0.814 bits per heavy atom. The van der Waals surface area contributed by atoms with Crippen molar-refractivity contribution in [1.82, 2.24) is 9.13 Å². The average molecular weight is 895 g/mol. The Morgan fingerprint density at radius 1 is 0.286 bits per heavy atom. The van der Waals surface area contributed by atoms with Crippen LogP contribution in [0.5, 0.6) is 0 Å². The molecule has 330 valence electrons. The van der Waals surface area contributed by atoms with Crippen LogP contribution in [0.4, 0.5) is 0 Å². The summed E-state index contributed by atoms with van der Waals surface area (Å²) in [5.41, 5.74) is 22.5. The van der Waals surface area contributed by atoms with Crippen molar-refractivity contribution in [3.63, 3.8) is 0 Å². The van der Waals surface area contributed by atoms with Crippen molar-refractivity contribution in [1.29, 1.82) is 10.5 Å². The molecule has 0 unspecified atom stereocenters. The van der Waals surface area contributed by atoms with Crippen molar-refractivity contribution in [2.75, 3.05) is 0 Å². The minimum Gasteiger partial charge on any atom is -0.309 e. The average Bonchev–Trinajstić information content (AvgIpc) is 3.90. The van der Waals surface area contributed by atoms with Crippen LogP contribution >= 0.6 is 0 Å². The molecular weight excluding hydrogens is 849 g/mol. The number of hydrogen-bond acceptors (Lipinski definition) is 2. The SMILES string of the molecule is Cc1ccccc1-c1ccc2c3ccc(-c4ccccc4C)cc3n(-c3ccc(C#N)c(-c4cc(-n5c6cc(-c7ccccc7C)ccc6c6ccc(-c7ccccc7C)cc65)ccc4C#N)c3)c2c1. The van der Waals surface area contributed by atoms with E-state index in [1.165, 1.54) is 44.5 Å². The third kappa shape index (κ3) is 6.89. The number of aromatic nitrogens is 2. The zero-order chi connectivity index (χ0) is 47.6. The molecule has 0 bridgehead atoms. The second kappa shape index (κ2) is 16.8. The standard InChI is InChI=1S/C66H46N4/c1-41-13-5-9-17-53(41)45-23-29-57-58-30-24-46(54-18-10-6-14-42(54)2)34-64(58)69(63(57)33-45)51-27-21-49(39-67)61(37-51)62-38-52(28-22-50(62)40-68)70-65-35-47(55-19-11-7-15-43(55)3)25-31-59(65)60-32-26-48(36-66(60)70)56-20-12-8-16-44(56)4/h5-38H,1-4H3. The number of aryl methyl sites for hydroxylation is 4. The Bertz CT molecular complexity index is 3720. The van der Waals surface area contributed by atoms with E-state index in [4.69, 9.17) is 0 Å². The molecule has 0 spiro atoms. The fraction of sp³-hybridized carbons (Fsp3) is 0.0606. The number of nitriles is 2. The molecule has 0 fully saturated rings. The predicted molar refractivity (Wildman–Crippen MR) is 291 cm³/mol. The summed E-state index contributed by atoms with van der Waals surface area (Å²) in [5.74, 6) is 0. The lowest BCUT2D eigenvalue weighted by atomic mass is 9.94. The van der Waals surface area contributed by atoms with E-state index in [0.717, 1.165) is 77.2 Å². The summed E-state index contributed by atoms with van der Waals surface area (Å²) in [5, 5.41) is 26.3. The van der Waals surface area contributed by atoms with Gasteiger partial charge in [-0.3, -0.25) is 0 Å². The van der Waals surface area contributed by atoms with Crippen LogP contribution < -0.4 is 0 Å². The molecule has 12 rings (SSSR count). The second-order valence-electron chi connectivity index (χ2n) is 18.5. The smallest absolute Gasteiger partial charge is 0.0998 e. The van der Waals surface area contributed by atoms with Gasteiger partial charge in [-0.2, -0.15) is 10.5 Å². The van der Waals surface area contributed by atoms with Gasteiger partial charge in [0.2, 0.25) is 0 Å². The zero-order valence-electron chi connectivity index (χ0n) is 39.4. The van der Waals surface area contributed by atoms with E-state index in [9.17, 15) is 10.5 Å². The number of nitrogens with zero attached hydrogens (tertiary/aromatic N) is 4. The van der Waals surface area contributed by atoms with E-state index in [-0.39, 0.29) is 0 Å². The number of hydrogen-bond donors (Lipinski definition) is 0. The minimum absolute atomic E-state index is 0.491. The van der Waals surface area contributed by atoms with Crippen LogP contribution in [0.2, 0.25) is 0 Å². The molecule has 0 aliphatic rings. The zero-order valence-corrected chi connectivity index (χ0v) is 39.4. The molecule has 2 heterocycles. The van der Waals surface area contributed by atoms with Crippen LogP contribution in [-0.4, -0.2) is 9.13 Å². The first-order valence-corrected chi connectivity index (χ1v) is 23.8. The third-order valence-corrected chi connectivity index (χ3v) is 14.4. The molecule has 0 saturated heterocycles. The van der Waals surface area contributed by atoms with Gasteiger partial charge in [-0.05, 0) is 155 Å². The van der Waals surface area contributed by atoms with Gasteiger partial charge in [0.05, 0.1) is 45.3 Å². The van der Waals surface area contributed by atoms with Gasteiger partial charge in [0.25, 0.3) is 0 Å². The van der Waals surface area contributed by atoms with E-state index in [2.05, 4.69) is 231 Å². The summed E-state index contributed by atoms with van der Waals surface area (Å²) in [6.45, 7) is 8.62. The molecule has 0 radical (unpaired) electrons. The molecule has 0 aliphatic heterocycles.